The number of anilines is 1. The Kier molecular flexibility index (Phi) is 4.19. The van der Waals surface area contributed by atoms with Crippen molar-refractivity contribution in [1.29, 1.82) is 0 Å². The van der Waals surface area contributed by atoms with Crippen LogP contribution in [-0.2, 0) is 0 Å². The van der Waals surface area contributed by atoms with E-state index in [0.29, 0.717) is 13.1 Å². The van der Waals surface area contributed by atoms with Crippen molar-refractivity contribution in [3.63, 3.8) is 0 Å². The molecule has 2 aromatic heterocycles. The van der Waals surface area contributed by atoms with Gasteiger partial charge in [0.2, 0.25) is 5.95 Å². The number of aromatic amines is 2. The standard InChI is InChI=1S/C17H22N8O/c1-11-3-4-13-14(9-11)22-15(21-13)12(2)20-17(26)25-7-5-24(6-8-25)16-18-10-19-23-16/h3-4,9-10,12H,5-8H2,1-2H3,(H,20,26)(H,21,22)(H,18,19,23). The molecule has 1 atom stereocenters. The predicted molar refractivity (Wildman–Crippen MR) is 97.9 cm³/mol. The largest absolute Gasteiger partial charge is 0.340 e. The molecule has 1 unspecified atom stereocenters. The van der Waals surface area contributed by atoms with Gasteiger partial charge in [-0.1, -0.05) is 6.07 Å². The second-order valence-electron chi connectivity index (χ2n) is 6.60. The Morgan fingerprint density at radius 3 is 2.81 bits per heavy atom. The zero-order valence-corrected chi connectivity index (χ0v) is 14.9. The van der Waals surface area contributed by atoms with Crippen LogP contribution in [0.5, 0.6) is 0 Å². The van der Waals surface area contributed by atoms with E-state index in [9.17, 15) is 4.79 Å². The van der Waals surface area contributed by atoms with E-state index in [2.05, 4.69) is 41.4 Å². The number of amides is 2. The van der Waals surface area contributed by atoms with Gasteiger partial charge in [-0.2, -0.15) is 10.1 Å². The highest BCUT2D eigenvalue weighted by molar-refractivity contribution is 5.77. The van der Waals surface area contributed by atoms with Gasteiger partial charge < -0.3 is 20.1 Å². The number of aryl methyl sites for hydroxylation is 1. The maximum atomic E-state index is 12.6. The SMILES string of the molecule is Cc1ccc2nc(C(C)NC(=O)N3CCN(c4ncn[nH]4)CC3)[nH]c2c1. The maximum absolute atomic E-state index is 12.6. The molecular weight excluding hydrogens is 332 g/mol. The van der Waals surface area contributed by atoms with Gasteiger partial charge in [-0.05, 0) is 31.5 Å². The maximum Gasteiger partial charge on any atom is 0.318 e. The second-order valence-corrected chi connectivity index (χ2v) is 6.60. The van der Waals surface area contributed by atoms with Crippen LogP contribution in [0, 0.1) is 6.92 Å². The van der Waals surface area contributed by atoms with E-state index in [0.717, 1.165) is 35.9 Å². The van der Waals surface area contributed by atoms with Crippen LogP contribution in [0.2, 0.25) is 0 Å². The van der Waals surface area contributed by atoms with Crippen LogP contribution in [0.25, 0.3) is 11.0 Å². The van der Waals surface area contributed by atoms with Crippen LogP contribution < -0.4 is 10.2 Å². The molecule has 1 aliphatic rings. The van der Waals surface area contributed by atoms with Crippen molar-refractivity contribution in [3.8, 4) is 0 Å². The van der Waals surface area contributed by atoms with Gasteiger partial charge in [-0.25, -0.2) is 14.9 Å². The van der Waals surface area contributed by atoms with Crippen molar-refractivity contribution in [2.24, 2.45) is 0 Å². The molecule has 2 amide bonds. The average molecular weight is 354 g/mol. The van der Waals surface area contributed by atoms with Crippen molar-refractivity contribution < 1.29 is 4.79 Å². The van der Waals surface area contributed by atoms with Crippen molar-refractivity contribution in [3.05, 3.63) is 35.9 Å². The fourth-order valence-electron chi connectivity index (χ4n) is 3.17. The molecule has 9 heteroatoms. The first-order chi connectivity index (χ1) is 12.6. The van der Waals surface area contributed by atoms with Crippen LogP contribution in [0.3, 0.4) is 0 Å². The first kappa shape index (κ1) is 16.4. The first-order valence-electron chi connectivity index (χ1n) is 8.72. The molecule has 0 aliphatic carbocycles. The van der Waals surface area contributed by atoms with Gasteiger partial charge in [0.1, 0.15) is 12.2 Å². The molecule has 4 rings (SSSR count). The monoisotopic (exact) mass is 354 g/mol. The van der Waals surface area contributed by atoms with Crippen LogP contribution in [0.15, 0.2) is 24.5 Å². The van der Waals surface area contributed by atoms with E-state index < -0.39 is 0 Å². The average Bonchev–Trinajstić information content (AvgIpc) is 3.31. The minimum Gasteiger partial charge on any atom is -0.340 e. The van der Waals surface area contributed by atoms with Gasteiger partial charge >= 0.3 is 6.03 Å². The molecular formula is C17H22N8O. The predicted octanol–water partition coefficient (Wildman–Crippen LogP) is 1.58. The van der Waals surface area contributed by atoms with Gasteiger partial charge in [0.05, 0.1) is 17.1 Å². The van der Waals surface area contributed by atoms with E-state index in [1.54, 1.807) is 0 Å². The summed E-state index contributed by atoms with van der Waals surface area (Å²) in [5.41, 5.74) is 3.07. The minimum absolute atomic E-state index is 0.0774. The van der Waals surface area contributed by atoms with Gasteiger partial charge in [0, 0.05) is 26.2 Å². The Labute approximate surface area is 150 Å². The molecule has 26 heavy (non-hydrogen) atoms. The third kappa shape index (κ3) is 3.19. The van der Waals surface area contributed by atoms with Crippen LogP contribution in [-0.4, -0.2) is 62.3 Å². The zero-order valence-electron chi connectivity index (χ0n) is 14.9. The van der Waals surface area contributed by atoms with Crippen molar-refractivity contribution in [2.45, 2.75) is 19.9 Å². The molecule has 3 N–H and O–H groups in total. The van der Waals surface area contributed by atoms with Crippen molar-refractivity contribution in [1.82, 2.24) is 35.4 Å². The van der Waals surface area contributed by atoms with E-state index in [-0.39, 0.29) is 12.1 Å². The number of urea groups is 1. The van der Waals surface area contributed by atoms with E-state index >= 15 is 0 Å². The quantitative estimate of drug-likeness (QED) is 0.662. The summed E-state index contributed by atoms with van der Waals surface area (Å²) >= 11 is 0. The number of piperazine rings is 1. The Morgan fingerprint density at radius 1 is 1.27 bits per heavy atom. The van der Waals surface area contributed by atoms with E-state index in [1.807, 2.05) is 30.9 Å². The molecule has 0 saturated carbocycles. The Bertz CT molecular complexity index is 895. The summed E-state index contributed by atoms with van der Waals surface area (Å²) in [5, 5.41) is 9.75. The number of imidazole rings is 1. The molecule has 136 valence electrons. The summed E-state index contributed by atoms with van der Waals surface area (Å²) in [5.74, 6) is 1.51. The van der Waals surface area contributed by atoms with E-state index in [1.165, 1.54) is 11.9 Å². The highest BCUT2D eigenvalue weighted by Gasteiger charge is 2.24. The Morgan fingerprint density at radius 2 is 2.08 bits per heavy atom. The lowest BCUT2D eigenvalue weighted by Crippen LogP contribution is -2.52. The third-order valence-corrected chi connectivity index (χ3v) is 4.67. The van der Waals surface area contributed by atoms with Crippen molar-refractivity contribution in [2.75, 3.05) is 31.1 Å². The molecule has 1 saturated heterocycles. The number of nitrogens with one attached hydrogen (secondary N) is 3. The summed E-state index contributed by atoms with van der Waals surface area (Å²) in [7, 11) is 0. The van der Waals surface area contributed by atoms with Crippen LogP contribution in [0.1, 0.15) is 24.4 Å². The lowest BCUT2D eigenvalue weighted by molar-refractivity contribution is 0.190. The fraction of sp³-hybridized carbons (Fsp3) is 0.412. The highest BCUT2D eigenvalue weighted by Crippen LogP contribution is 2.18. The van der Waals surface area contributed by atoms with Gasteiger partial charge in [-0.3, -0.25) is 0 Å². The molecule has 1 aliphatic heterocycles. The molecule has 3 heterocycles. The van der Waals surface area contributed by atoms with Gasteiger partial charge in [-0.15, -0.1) is 0 Å². The van der Waals surface area contributed by atoms with Gasteiger partial charge in [0.25, 0.3) is 0 Å². The fourth-order valence-corrected chi connectivity index (χ4v) is 3.17. The smallest absolute Gasteiger partial charge is 0.318 e. The number of rotatable bonds is 3. The topological polar surface area (TPSA) is 106 Å². The molecule has 1 aromatic carbocycles. The number of nitrogens with zero attached hydrogens (tertiary/aromatic N) is 5. The number of carbonyl (C=O) groups is 1. The molecule has 0 radical (unpaired) electrons. The lowest BCUT2D eigenvalue weighted by atomic mass is 10.2. The number of aromatic nitrogens is 5. The van der Waals surface area contributed by atoms with Gasteiger partial charge in [0.15, 0.2) is 0 Å². The Hall–Kier alpha value is -3.10. The number of hydrogen-bond acceptors (Lipinski definition) is 5. The number of benzene rings is 1. The van der Waals surface area contributed by atoms with Crippen LogP contribution in [0.4, 0.5) is 10.7 Å². The summed E-state index contributed by atoms with van der Waals surface area (Å²) in [4.78, 5) is 28.5. The minimum atomic E-state index is -0.192. The van der Waals surface area contributed by atoms with E-state index in [4.69, 9.17) is 0 Å². The molecule has 3 aromatic rings. The summed E-state index contributed by atoms with van der Waals surface area (Å²) in [6.07, 6.45) is 1.49. The third-order valence-electron chi connectivity index (χ3n) is 4.67. The number of H-pyrrole nitrogens is 2. The molecule has 0 spiro atoms. The molecule has 0 bridgehead atoms. The summed E-state index contributed by atoms with van der Waals surface area (Å²) in [6.45, 7) is 6.70. The Balaban J connectivity index is 1.36. The number of hydrogen-bond donors (Lipinski definition) is 3. The first-order valence-corrected chi connectivity index (χ1v) is 8.72. The van der Waals surface area contributed by atoms with Crippen molar-refractivity contribution >= 4 is 23.0 Å². The lowest BCUT2D eigenvalue weighted by Gasteiger charge is -2.34. The zero-order chi connectivity index (χ0) is 18.1. The second kappa shape index (κ2) is 6.66. The highest BCUT2D eigenvalue weighted by atomic mass is 16.2. The number of fused-ring (bicyclic) bond motifs is 1. The normalized spacial score (nSPS) is 16.1. The number of carbonyl (C=O) groups excluding carboxylic acids is 1. The summed E-state index contributed by atoms with van der Waals surface area (Å²) < 4.78 is 0. The molecule has 1 fully saturated rings. The molecule has 9 nitrogen and oxygen atoms in total. The van der Waals surface area contributed by atoms with Crippen LogP contribution >= 0.6 is 0 Å². The summed E-state index contributed by atoms with van der Waals surface area (Å²) in [6, 6.07) is 5.81.